The summed E-state index contributed by atoms with van der Waals surface area (Å²) in [5.41, 5.74) is -0.108. The second-order valence-corrected chi connectivity index (χ2v) is 7.41. The Hall–Kier alpha value is -2.74. The van der Waals surface area contributed by atoms with Crippen molar-refractivity contribution in [3.63, 3.8) is 0 Å². The van der Waals surface area contributed by atoms with Crippen molar-refractivity contribution in [2.24, 2.45) is 0 Å². The van der Waals surface area contributed by atoms with Crippen LogP contribution in [0.5, 0.6) is 5.88 Å². The molecule has 0 fully saturated rings. The molecule has 0 N–H and O–H groups in total. The van der Waals surface area contributed by atoms with Gasteiger partial charge in [-0.25, -0.2) is 9.78 Å². The largest absolute Gasteiger partial charge is 0.574 e. The van der Waals surface area contributed by atoms with E-state index >= 15 is 0 Å². The molecule has 0 bridgehead atoms. The fourth-order valence-corrected chi connectivity index (χ4v) is 2.69. The number of rotatable bonds is 2. The Kier molecular flexibility index (Phi) is 5.01. The number of alkyl halides is 3. The molecule has 0 radical (unpaired) electrons. The van der Waals surface area contributed by atoms with Crippen molar-refractivity contribution in [2.45, 2.75) is 32.7 Å². The third-order valence-corrected chi connectivity index (χ3v) is 3.81. The summed E-state index contributed by atoms with van der Waals surface area (Å²) in [7, 11) is 0. The van der Waals surface area contributed by atoms with Gasteiger partial charge >= 0.3 is 12.5 Å². The lowest BCUT2D eigenvalue weighted by atomic mass is 10.0. The van der Waals surface area contributed by atoms with E-state index in [0.717, 1.165) is 5.39 Å². The molecule has 0 spiro atoms. The number of carbonyl (C=O) groups excluding carboxylic acids is 1. The van der Waals surface area contributed by atoms with E-state index < -0.39 is 23.9 Å². The van der Waals surface area contributed by atoms with E-state index in [0.29, 0.717) is 10.9 Å². The Morgan fingerprint density at radius 1 is 1.07 bits per heavy atom. The molecule has 0 atom stereocenters. The van der Waals surface area contributed by atoms with Crippen molar-refractivity contribution in [1.82, 2.24) is 9.55 Å². The van der Waals surface area contributed by atoms with E-state index in [1.807, 2.05) is 0 Å². The van der Waals surface area contributed by atoms with E-state index in [4.69, 9.17) is 16.3 Å². The van der Waals surface area contributed by atoms with E-state index in [2.05, 4.69) is 9.72 Å². The highest BCUT2D eigenvalue weighted by molar-refractivity contribution is 6.29. The van der Waals surface area contributed by atoms with Crippen LogP contribution in [-0.4, -0.2) is 27.6 Å². The number of benzene rings is 1. The van der Waals surface area contributed by atoms with Crippen LogP contribution in [0.2, 0.25) is 5.15 Å². The zero-order chi connectivity index (χ0) is 20.7. The van der Waals surface area contributed by atoms with Crippen LogP contribution in [0.25, 0.3) is 21.9 Å². The van der Waals surface area contributed by atoms with Crippen molar-refractivity contribution in [1.29, 1.82) is 0 Å². The molecular weight excluding hydrogens is 397 g/mol. The normalized spacial score (nSPS) is 12.2. The first-order valence-corrected chi connectivity index (χ1v) is 8.57. The maximum absolute atomic E-state index is 12.7. The van der Waals surface area contributed by atoms with Gasteiger partial charge < -0.3 is 9.47 Å². The predicted molar refractivity (Wildman–Crippen MR) is 98.5 cm³/mol. The van der Waals surface area contributed by atoms with Crippen LogP contribution in [-0.2, 0) is 4.74 Å². The summed E-state index contributed by atoms with van der Waals surface area (Å²) in [6, 6.07) is 7.68. The molecule has 5 nitrogen and oxygen atoms in total. The zero-order valence-electron chi connectivity index (χ0n) is 15.2. The lowest BCUT2D eigenvalue weighted by molar-refractivity contribution is -0.275. The molecule has 3 aromatic rings. The van der Waals surface area contributed by atoms with Crippen LogP contribution < -0.4 is 4.74 Å². The number of ether oxygens (including phenoxy) is 2. The van der Waals surface area contributed by atoms with Crippen LogP contribution >= 0.6 is 11.6 Å². The van der Waals surface area contributed by atoms with Gasteiger partial charge in [-0.15, -0.1) is 13.2 Å². The minimum absolute atomic E-state index is 0.119. The van der Waals surface area contributed by atoms with Crippen LogP contribution in [0.15, 0.2) is 42.7 Å². The number of hydrogen-bond acceptors (Lipinski definition) is 4. The number of nitrogens with zero attached hydrogens (tertiary/aromatic N) is 2. The monoisotopic (exact) mass is 412 g/mol. The van der Waals surface area contributed by atoms with Gasteiger partial charge in [0.15, 0.2) is 0 Å². The highest BCUT2D eigenvalue weighted by Crippen LogP contribution is 2.35. The number of pyridine rings is 1. The Morgan fingerprint density at radius 2 is 1.75 bits per heavy atom. The molecule has 0 unspecified atom stereocenters. The minimum Gasteiger partial charge on any atom is -0.443 e. The van der Waals surface area contributed by atoms with Gasteiger partial charge in [-0.1, -0.05) is 23.7 Å². The molecule has 148 valence electrons. The topological polar surface area (TPSA) is 53.4 Å². The molecule has 0 aliphatic rings. The summed E-state index contributed by atoms with van der Waals surface area (Å²) in [5, 5.41) is 1.23. The number of halogens is 4. The van der Waals surface area contributed by atoms with Crippen LogP contribution in [0, 0.1) is 0 Å². The molecule has 3 rings (SSSR count). The second-order valence-electron chi connectivity index (χ2n) is 7.02. The predicted octanol–water partition coefficient (Wildman–Crippen LogP) is 6.04. The summed E-state index contributed by atoms with van der Waals surface area (Å²) >= 11 is 5.71. The van der Waals surface area contributed by atoms with Gasteiger partial charge in [-0.05, 0) is 44.5 Å². The summed E-state index contributed by atoms with van der Waals surface area (Å²) in [5.74, 6) is -0.647. The summed E-state index contributed by atoms with van der Waals surface area (Å²) < 4.78 is 48.7. The third kappa shape index (κ3) is 4.75. The highest BCUT2D eigenvalue weighted by atomic mass is 35.5. The molecule has 0 amide bonds. The van der Waals surface area contributed by atoms with Crippen LogP contribution in [0.3, 0.4) is 0 Å². The van der Waals surface area contributed by atoms with Gasteiger partial charge in [-0.3, -0.25) is 4.57 Å². The minimum atomic E-state index is -4.91. The van der Waals surface area contributed by atoms with E-state index in [1.54, 1.807) is 51.4 Å². The van der Waals surface area contributed by atoms with Crippen LogP contribution in [0.1, 0.15) is 20.8 Å². The van der Waals surface area contributed by atoms with Gasteiger partial charge in [0.1, 0.15) is 10.8 Å². The van der Waals surface area contributed by atoms with Gasteiger partial charge in [0, 0.05) is 28.7 Å². The zero-order valence-corrected chi connectivity index (χ0v) is 15.9. The first-order valence-electron chi connectivity index (χ1n) is 8.19. The molecule has 0 aliphatic carbocycles. The fourth-order valence-electron chi connectivity index (χ4n) is 2.55. The maximum Gasteiger partial charge on any atom is 0.574 e. The molecule has 1 aromatic carbocycles. The standard InChI is InChI=1S/C19H16ClF3N2O3/c1-18(2,3)28-17(26)25-9-12-5-4-11(8-13(12)10-25)14-6-7-15(20)24-16(14)27-19(21,22)23/h4-10H,1-3H3. The Balaban J connectivity index is 2.00. The smallest absolute Gasteiger partial charge is 0.443 e. The third-order valence-electron chi connectivity index (χ3n) is 3.60. The van der Waals surface area contributed by atoms with Gasteiger partial charge in [0.05, 0.1) is 0 Å². The van der Waals surface area contributed by atoms with Crippen molar-refractivity contribution in [3.05, 3.63) is 47.9 Å². The summed E-state index contributed by atoms with van der Waals surface area (Å²) in [6.45, 7) is 5.26. The number of hydrogen-bond donors (Lipinski definition) is 0. The Labute approximate surface area is 163 Å². The van der Waals surface area contributed by atoms with Crippen LogP contribution in [0.4, 0.5) is 18.0 Å². The fraction of sp³-hybridized carbons (Fsp3) is 0.263. The van der Waals surface area contributed by atoms with Crippen molar-refractivity contribution in [3.8, 4) is 17.0 Å². The summed E-state index contributed by atoms with van der Waals surface area (Å²) in [4.78, 5) is 15.8. The number of carbonyl (C=O) groups is 1. The SMILES string of the molecule is CC(C)(C)OC(=O)n1cc2ccc(-c3ccc(Cl)nc3OC(F)(F)F)cc2c1. The molecule has 2 aromatic heterocycles. The average Bonchev–Trinajstić information content (AvgIpc) is 2.95. The van der Waals surface area contributed by atoms with Gasteiger partial charge in [-0.2, -0.15) is 0 Å². The highest BCUT2D eigenvalue weighted by Gasteiger charge is 2.33. The van der Waals surface area contributed by atoms with E-state index in [-0.39, 0.29) is 10.7 Å². The van der Waals surface area contributed by atoms with Crippen molar-refractivity contribution in [2.75, 3.05) is 0 Å². The molecule has 2 heterocycles. The lowest BCUT2D eigenvalue weighted by Crippen LogP contribution is -2.26. The van der Waals surface area contributed by atoms with Crippen molar-refractivity contribution >= 4 is 28.5 Å². The first-order chi connectivity index (χ1) is 12.9. The molecular formula is C19H16ClF3N2O3. The molecule has 9 heteroatoms. The van der Waals surface area contributed by atoms with Crippen molar-refractivity contribution < 1.29 is 27.4 Å². The lowest BCUT2D eigenvalue weighted by Gasteiger charge is -2.19. The van der Waals surface area contributed by atoms with Gasteiger partial charge in [0.2, 0.25) is 5.88 Å². The average molecular weight is 413 g/mol. The van der Waals surface area contributed by atoms with E-state index in [9.17, 15) is 18.0 Å². The Morgan fingerprint density at radius 3 is 2.39 bits per heavy atom. The quantitative estimate of drug-likeness (QED) is 0.481. The molecule has 0 aliphatic heterocycles. The van der Waals surface area contributed by atoms with Gasteiger partial charge in [0.25, 0.3) is 0 Å². The number of fused-ring (bicyclic) bond motifs is 1. The summed E-state index contributed by atoms with van der Waals surface area (Å²) in [6.07, 6.45) is -2.34. The number of aromatic nitrogens is 2. The molecule has 0 saturated carbocycles. The molecule has 0 saturated heterocycles. The second kappa shape index (κ2) is 7.01. The van der Waals surface area contributed by atoms with E-state index in [1.165, 1.54) is 16.7 Å². The molecule has 28 heavy (non-hydrogen) atoms. The first kappa shape index (κ1) is 20.0. The Bertz CT molecular complexity index is 1040. The maximum atomic E-state index is 12.7.